The van der Waals surface area contributed by atoms with E-state index in [9.17, 15) is 4.39 Å². The van der Waals surface area contributed by atoms with Crippen molar-refractivity contribution < 1.29 is 8.91 Å². The molecule has 0 spiro atoms. The van der Waals surface area contributed by atoms with Crippen LogP contribution in [0.5, 0.6) is 0 Å². The number of rotatable bonds is 5. The van der Waals surface area contributed by atoms with E-state index in [0.29, 0.717) is 30.2 Å². The summed E-state index contributed by atoms with van der Waals surface area (Å²) in [4.78, 5) is 8.69. The molecule has 0 radical (unpaired) electrons. The first-order chi connectivity index (χ1) is 15.7. The van der Waals surface area contributed by atoms with E-state index in [0.717, 1.165) is 16.7 Å². The molecule has 2 N–H and O–H groups in total. The zero-order chi connectivity index (χ0) is 21.9. The lowest BCUT2D eigenvalue weighted by Gasteiger charge is -2.08. The Balaban J connectivity index is 1.64. The maximum atomic E-state index is 14.6. The summed E-state index contributed by atoms with van der Waals surface area (Å²) in [5, 5.41) is 12.6. The Labute approximate surface area is 182 Å². The number of hydrogen-bond donors (Lipinski definition) is 1. The van der Waals surface area contributed by atoms with Crippen molar-refractivity contribution in [2.75, 3.05) is 0 Å². The van der Waals surface area contributed by atoms with Crippen molar-refractivity contribution in [1.29, 1.82) is 0 Å². The fraction of sp³-hybridized carbons (Fsp3) is 0.0870. The Morgan fingerprint density at radius 1 is 1.12 bits per heavy atom. The number of halogens is 1. The van der Waals surface area contributed by atoms with Crippen molar-refractivity contribution in [3.8, 4) is 28.7 Å². The van der Waals surface area contributed by atoms with Crippen LogP contribution in [0.4, 0.5) is 4.39 Å². The van der Waals surface area contributed by atoms with E-state index < -0.39 is 5.82 Å². The summed E-state index contributed by atoms with van der Waals surface area (Å²) in [5.41, 5.74) is 9.36. The van der Waals surface area contributed by atoms with E-state index in [-0.39, 0.29) is 11.6 Å². The van der Waals surface area contributed by atoms with Gasteiger partial charge in [-0.25, -0.2) is 9.07 Å². The molecule has 4 aromatic rings. The average molecular weight is 427 g/mol. The Morgan fingerprint density at radius 2 is 2.03 bits per heavy atom. The zero-order valence-corrected chi connectivity index (χ0v) is 16.9. The Hall–Kier alpha value is -4.24. The molecular weight excluding hydrogens is 409 g/mol. The molecule has 9 heteroatoms. The van der Waals surface area contributed by atoms with Crippen molar-refractivity contribution in [2.45, 2.75) is 13.0 Å². The van der Waals surface area contributed by atoms with Crippen molar-refractivity contribution in [3.63, 3.8) is 0 Å². The van der Waals surface area contributed by atoms with E-state index in [1.807, 2.05) is 36.4 Å². The van der Waals surface area contributed by atoms with Crippen LogP contribution in [0, 0.1) is 5.82 Å². The molecule has 158 valence electrons. The van der Waals surface area contributed by atoms with Crippen molar-refractivity contribution in [1.82, 2.24) is 25.1 Å². The molecule has 0 bridgehead atoms. The van der Waals surface area contributed by atoms with Crippen LogP contribution in [0.15, 0.2) is 76.4 Å². The Kier molecular flexibility index (Phi) is 5.22. The maximum Gasteiger partial charge on any atom is 0.281 e. The molecule has 0 saturated carbocycles. The van der Waals surface area contributed by atoms with Gasteiger partial charge in [-0.15, -0.1) is 5.10 Å². The highest BCUT2D eigenvalue weighted by atomic mass is 19.1. The number of hydrogen-bond acceptors (Lipinski definition) is 7. The summed E-state index contributed by atoms with van der Waals surface area (Å²) in [6, 6.07) is 13.9. The molecule has 2 aromatic heterocycles. The van der Waals surface area contributed by atoms with Crippen LogP contribution in [0.25, 0.3) is 34.2 Å². The van der Waals surface area contributed by atoms with Crippen LogP contribution in [0.3, 0.4) is 0 Å². The fourth-order valence-corrected chi connectivity index (χ4v) is 3.42. The Morgan fingerprint density at radius 3 is 2.91 bits per heavy atom. The molecule has 1 aliphatic heterocycles. The number of benzene rings is 2. The van der Waals surface area contributed by atoms with Gasteiger partial charge in [-0.1, -0.05) is 46.8 Å². The van der Waals surface area contributed by atoms with Gasteiger partial charge in [-0.2, -0.15) is 4.98 Å². The van der Waals surface area contributed by atoms with Gasteiger partial charge in [0.15, 0.2) is 5.69 Å². The van der Waals surface area contributed by atoms with Gasteiger partial charge in [0.05, 0.1) is 0 Å². The highest BCUT2D eigenvalue weighted by Crippen LogP contribution is 2.31. The third-order valence-corrected chi connectivity index (χ3v) is 4.96. The molecule has 32 heavy (non-hydrogen) atoms. The van der Waals surface area contributed by atoms with Gasteiger partial charge in [0.25, 0.3) is 5.89 Å². The summed E-state index contributed by atoms with van der Waals surface area (Å²) >= 11 is 0. The lowest BCUT2D eigenvalue weighted by Crippen LogP contribution is -2.04. The summed E-state index contributed by atoms with van der Waals surface area (Å²) in [6.45, 7) is 0.405. The van der Waals surface area contributed by atoms with Gasteiger partial charge in [-0.05, 0) is 29.8 Å². The first kappa shape index (κ1) is 19.7. The van der Waals surface area contributed by atoms with Crippen molar-refractivity contribution >= 4 is 11.8 Å². The molecule has 0 aliphatic carbocycles. The molecule has 2 aromatic carbocycles. The summed E-state index contributed by atoms with van der Waals surface area (Å²) in [5.74, 6) is 0.148. The smallest absolute Gasteiger partial charge is 0.281 e. The second kappa shape index (κ2) is 8.48. The summed E-state index contributed by atoms with van der Waals surface area (Å²) < 4.78 is 21.6. The molecule has 5 rings (SSSR count). The molecule has 0 atom stereocenters. The van der Waals surface area contributed by atoms with Gasteiger partial charge in [-0.3, -0.25) is 4.99 Å². The normalized spacial score (nSPS) is 13.2. The average Bonchev–Trinajstić information content (AvgIpc) is 3.40. The number of para-hydroxylation sites is 1. The molecule has 0 amide bonds. The summed E-state index contributed by atoms with van der Waals surface area (Å²) in [6.07, 6.45) is 7.80. The quantitative estimate of drug-likeness (QED) is 0.517. The predicted molar refractivity (Wildman–Crippen MR) is 118 cm³/mol. The zero-order valence-electron chi connectivity index (χ0n) is 16.9. The predicted octanol–water partition coefficient (Wildman–Crippen LogP) is 3.95. The van der Waals surface area contributed by atoms with Gasteiger partial charge in [0.1, 0.15) is 17.2 Å². The van der Waals surface area contributed by atoms with Gasteiger partial charge in [0.2, 0.25) is 5.82 Å². The fourth-order valence-electron chi connectivity index (χ4n) is 3.42. The molecular formula is C23H18FN7O. The first-order valence-electron chi connectivity index (χ1n) is 9.97. The molecule has 8 nitrogen and oxygen atoms in total. The number of nitrogens with zero attached hydrogens (tertiary/aromatic N) is 6. The Bertz CT molecular complexity index is 1370. The molecule has 0 unspecified atom stereocenters. The van der Waals surface area contributed by atoms with Gasteiger partial charge in [0, 0.05) is 36.5 Å². The molecule has 0 saturated heterocycles. The van der Waals surface area contributed by atoms with E-state index in [4.69, 9.17) is 10.3 Å². The van der Waals surface area contributed by atoms with Crippen LogP contribution in [0.1, 0.15) is 17.7 Å². The minimum absolute atomic E-state index is 0.176. The van der Waals surface area contributed by atoms with Crippen LogP contribution >= 0.6 is 0 Å². The second-order valence-electron chi connectivity index (χ2n) is 7.02. The topological polar surface area (TPSA) is 108 Å². The third-order valence-electron chi connectivity index (χ3n) is 4.96. The largest absolute Gasteiger partial charge is 0.332 e. The van der Waals surface area contributed by atoms with Crippen LogP contribution in [0.2, 0.25) is 0 Å². The van der Waals surface area contributed by atoms with E-state index in [1.54, 1.807) is 30.6 Å². The number of nitrogens with two attached hydrogens (primary N) is 1. The maximum absolute atomic E-state index is 14.6. The van der Waals surface area contributed by atoms with E-state index in [1.165, 1.54) is 10.7 Å². The lowest BCUT2D eigenvalue weighted by atomic mass is 10.1. The van der Waals surface area contributed by atoms with E-state index in [2.05, 4.69) is 25.4 Å². The van der Waals surface area contributed by atoms with Crippen molar-refractivity contribution in [3.05, 3.63) is 84.0 Å². The molecule has 1 aliphatic rings. The SMILES string of the molecule is NCc1cccc(-c2noc(-c3nnn(-c4ccccc4F)c3C3=CCC=NC=C3)n2)c1. The molecule has 3 heterocycles. The highest BCUT2D eigenvalue weighted by Gasteiger charge is 2.25. The van der Waals surface area contributed by atoms with Gasteiger partial charge < -0.3 is 10.3 Å². The minimum atomic E-state index is -0.426. The van der Waals surface area contributed by atoms with Gasteiger partial charge >= 0.3 is 0 Å². The minimum Gasteiger partial charge on any atom is -0.332 e. The lowest BCUT2D eigenvalue weighted by molar-refractivity contribution is 0.431. The standard InChI is InChI=1S/C23H18FN7O/c24-18-8-1-2-9-19(18)31-21(16-7-4-11-26-12-10-16)20(28-30-31)23-27-22(29-32-23)17-6-3-5-15(13-17)14-25/h1-3,5-13H,4,14,25H2. The number of aliphatic imine (C=N–C) groups is 1. The first-order valence-corrected chi connectivity index (χ1v) is 9.97. The van der Waals surface area contributed by atoms with Crippen LogP contribution < -0.4 is 5.73 Å². The van der Waals surface area contributed by atoms with E-state index >= 15 is 0 Å². The highest BCUT2D eigenvalue weighted by molar-refractivity contribution is 5.83. The number of aromatic nitrogens is 5. The monoisotopic (exact) mass is 427 g/mol. The second-order valence-corrected chi connectivity index (χ2v) is 7.02. The van der Waals surface area contributed by atoms with Crippen molar-refractivity contribution in [2.24, 2.45) is 10.7 Å². The van der Waals surface area contributed by atoms with Crippen LogP contribution in [-0.2, 0) is 6.54 Å². The van der Waals surface area contributed by atoms with Crippen LogP contribution in [-0.4, -0.2) is 31.3 Å². The number of allylic oxidation sites excluding steroid dienone is 3. The third kappa shape index (κ3) is 3.65. The summed E-state index contributed by atoms with van der Waals surface area (Å²) in [7, 11) is 0. The molecule has 0 fully saturated rings.